The van der Waals surface area contributed by atoms with Crippen molar-refractivity contribution in [2.75, 3.05) is 13.1 Å². The molecule has 1 N–H and O–H groups in total. The number of nitrogens with one attached hydrogen (secondary N) is 1. The van der Waals surface area contributed by atoms with Gasteiger partial charge in [0.25, 0.3) is 0 Å². The van der Waals surface area contributed by atoms with Crippen LogP contribution in [0.15, 0.2) is 6.20 Å². The van der Waals surface area contributed by atoms with E-state index in [1.54, 1.807) is 0 Å². The lowest BCUT2D eigenvalue weighted by molar-refractivity contribution is -0.137. The van der Waals surface area contributed by atoms with Crippen LogP contribution in [0, 0.1) is 11.8 Å². The van der Waals surface area contributed by atoms with E-state index in [4.69, 9.17) is 0 Å². The summed E-state index contributed by atoms with van der Waals surface area (Å²) in [5.41, 5.74) is 0. The van der Waals surface area contributed by atoms with E-state index in [0.717, 1.165) is 24.4 Å². The molecule has 0 bridgehead atoms. The number of halogens is 3. The van der Waals surface area contributed by atoms with E-state index in [2.05, 4.69) is 24.1 Å². The van der Waals surface area contributed by atoms with Crippen molar-refractivity contribution in [1.82, 2.24) is 10.3 Å². The van der Waals surface area contributed by atoms with Crippen LogP contribution in [0.3, 0.4) is 0 Å². The van der Waals surface area contributed by atoms with Gasteiger partial charge in [0.1, 0.15) is 0 Å². The molecule has 0 saturated heterocycles. The molecule has 0 fully saturated rings. The molecule has 6 heteroatoms. The van der Waals surface area contributed by atoms with Crippen molar-refractivity contribution in [2.24, 2.45) is 11.8 Å². The number of hydrogen-bond donors (Lipinski definition) is 1. The number of rotatable bonds is 6. The third kappa shape index (κ3) is 5.10. The lowest BCUT2D eigenvalue weighted by Crippen LogP contribution is -2.27. The minimum atomic E-state index is -4.33. The molecule has 0 aliphatic rings. The Morgan fingerprint density at radius 1 is 1.21 bits per heavy atom. The highest BCUT2D eigenvalue weighted by Crippen LogP contribution is 2.36. The molecule has 2 nitrogen and oxygen atoms in total. The van der Waals surface area contributed by atoms with Gasteiger partial charge < -0.3 is 5.32 Å². The summed E-state index contributed by atoms with van der Waals surface area (Å²) in [6, 6.07) is 0. The van der Waals surface area contributed by atoms with Crippen molar-refractivity contribution in [1.29, 1.82) is 0 Å². The van der Waals surface area contributed by atoms with Gasteiger partial charge in [-0.3, -0.25) is 0 Å². The largest absolute Gasteiger partial charge is 0.443 e. The van der Waals surface area contributed by atoms with E-state index < -0.39 is 11.2 Å². The Kier molecular flexibility index (Phi) is 5.80. The molecule has 0 amide bonds. The van der Waals surface area contributed by atoms with Crippen LogP contribution in [-0.2, 0) is 6.18 Å². The van der Waals surface area contributed by atoms with Gasteiger partial charge in [-0.05, 0) is 30.8 Å². The van der Waals surface area contributed by atoms with Gasteiger partial charge in [-0.25, -0.2) is 4.98 Å². The third-order valence-electron chi connectivity index (χ3n) is 3.09. The molecule has 1 aromatic rings. The van der Waals surface area contributed by atoms with Crippen LogP contribution in [0.25, 0.3) is 0 Å². The van der Waals surface area contributed by atoms with Gasteiger partial charge in [0.2, 0.25) is 0 Å². The molecule has 2 atom stereocenters. The van der Waals surface area contributed by atoms with Gasteiger partial charge >= 0.3 is 6.18 Å². The molecule has 0 aliphatic heterocycles. The van der Waals surface area contributed by atoms with Crippen molar-refractivity contribution >= 4 is 11.3 Å². The summed E-state index contributed by atoms with van der Waals surface area (Å²) in [4.78, 5) is 4.17. The smallest absolute Gasteiger partial charge is 0.316 e. The average molecular weight is 294 g/mol. The molecular weight excluding hydrogens is 273 g/mol. The monoisotopic (exact) mass is 294 g/mol. The van der Waals surface area contributed by atoms with Crippen LogP contribution in [-0.4, -0.2) is 18.1 Å². The number of aromatic nitrogens is 1. The van der Waals surface area contributed by atoms with Crippen LogP contribution < -0.4 is 5.32 Å². The average Bonchev–Trinajstić information content (AvgIpc) is 2.76. The van der Waals surface area contributed by atoms with Crippen LogP contribution >= 0.6 is 11.3 Å². The molecular formula is C13H21F3N2S. The molecule has 0 aliphatic carbocycles. The number of alkyl halides is 3. The first-order chi connectivity index (χ1) is 8.71. The summed E-state index contributed by atoms with van der Waals surface area (Å²) >= 11 is 0.752. The van der Waals surface area contributed by atoms with Crippen molar-refractivity contribution in [3.8, 4) is 0 Å². The zero-order valence-electron chi connectivity index (χ0n) is 11.7. The Hall–Kier alpha value is -0.620. The number of hydrogen-bond acceptors (Lipinski definition) is 3. The highest BCUT2D eigenvalue weighted by molar-refractivity contribution is 7.11. The Bertz CT molecular complexity index is 387. The van der Waals surface area contributed by atoms with E-state index in [1.807, 2.05) is 13.8 Å². The van der Waals surface area contributed by atoms with E-state index in [0.29, 0.717) is 10.8 Å². The van der Waals surface area contributed by atoms with Crippen LogP contribution in [0.5, 0.6) is 0 Å². The van der Waals surface area contributed by atoms with Crippen molar-refractivity contribution < 1.29 is 13.2 Å². The second-order valence-corrected chi connectivity index (χ2v) is 6.45. The van der Waals surface area contributed by atoms with Gasteiger partial charge in [0.05, 0.1) is 0 Å². The predicted octanol–water partition coefficient (Wildman–Crippen LogP) is 4.15. The molecule has 1 heterocycles. The lowest BCUT2D eigenvalue weighted by atomic mass is 9.95. The van der Waals surface area contributed by atoms with Gasteiger partial charge in [0, 0.05) is 11.1 Å². The zero-order chi connectivity index (χ0) is 14.6. The van der Waals surface area contributed by atoms with E-state index in [9.17, 15) is 13.2 Å². The molecule has 1 aromatic heterocycles. The fraction of sp³-hybridized carbons (Fsp3) is 0.769. The fourth-order valence-electron chi connectivity index (χ4n) is 1.69. The second-order valence-electron chi connectivity index (χ2n) is 5.38. The number of nitrogens with zero attached hydrogens (tertiary/aromatic N) is 1. The van der Waals surface area contributed by atoms with Crippen LogP contribution in [0.1, 0.15) is 43.5 Å². The SMILES string of the molecule is CC(C)CNCC(C)C(C)c1cnc(C(F)(F)F)s1. The minimum absolute atomic E-state index is 0.0771. The predicted molar refractivity (Wildman–Crippen MR) is 72.4 cm³/mol. The maximum absolute atomic E-state index is 12.5. The first kappa shape index (κ1) is 16.4. The van der Waals surface area contributed by atoms with Gasteiger partial charge in [0.15, 0.2) is 5.01 Å². The first-order valence-corrected chi connectivity index (χ1v) is 7.27. The molecule has 1 rings (SSSR count). The molecule has 0 spiro atoms. The molecule has 0 radical (unpaired) electrons. The summed E-state index contributed by atoms with van der Waals surface area (Å²) in [7, 11) is 0. The normalized spacial score (nSPS) is 15.8. The molecule has 2 unspecified atom stereocenters. The van der Waals surface area contributed by atoms with E-state index in [-0.39, 0.29) is 11.8 Å². The lowest BCUT2D eigenvalue weighted by Gasteiger charge is -2.19. The topological polar surface area (TPSA) is 24.9 Å². The van der Waals surface area contributed by atoms with E-state index in [1.165, 1.54) is 6.20 Å². The fourth-order valence-corrected chi connectivity index (χ4v) is 2.65. The van der Waals surface area contributed by atoms with Crippen LogP contribution in [0.4, 0.5) is 13.2 Å². The van der Waals surface area contributed by atoms with Crippen molar-refractivity contribution in [2.45, 2.75) is 39.8 Å². The Labute approximate surface area is 116 Å². The summed E-state index contributed by atoms with van der Waals surface area (Å²) in [6.07, 6.45) is -2.97. The summed E-state index contributed by atoms with van der Waals surface area (Å²) in [5.74, 6) is 0.927. The maximum Gasteiger partial charge on any atom is 0.443 e. The van der Waals surface area contributed by atoms with Gasteiger partial charge in [-0.15, -0.1) is 11.3 Å². The number of thiazole rings is 1. The summed E-state index contributed by atoms with van der Waals surface area (Å²) in [5, 5.41) is 2.58. The highest BCUT2D eigenvalue weighted by atomic mass is 32.1. The molecule has 19 heavy (non-hydrogen) atoms. The summed E-state index contributed by atoms with van der Waals surface area (Å²) < 4.78 is 37.5. The Morgan fingerprint density at radius 3 is 2.32 bits per heavy atom. The Balaban J connectivity index is 2.57. The quantitative estimate of drug-likeness (QED) is 0.852. The van der Waals surface area contributed by atoms with Crippen LogP contribution in [0.2, 0.25) is 0 Å². The van der Waals surface area contributed by atoms with Crippen molar-refractivity contribution in [3.63, 3.8) is 0 Å². The van der Waals surface area contributed by atoms with Gasteiger partial charge in [-0.2, -0.15) is 13.2 Å². The zero-order valence-corrected chi connectivity index (χ0v) is 12.5. The maximum atomic E-state index is 12.5. The minimum Gasteiger partial charge on any atom is -0.316 e. The molecule has 0 aromatic carbocycles. The summed E-state index contributed by atoms with van der Waals surface area (Å²) in [6.45, 7) is 9.98. The van der Waals surface area contributed by atoms with E-state index >= 15 is 0 Å². The molecule has 110 valence electrons. The van der Waals surface area contributed by atoms with Gasteiger partial charge in [-0.1, -0.05) is 27.7 Å². The third-order valence-corrected chi connectivity index (χ3v) is 4.33. The second kappa shape index (κ2) is 6.70. The highest BCUT2D eigenvalue weighted by Gasteiger charge is 2.35. The standard InChI is InChI=1S/C13H21F3N2S/c1-8(2)5-17-6-9(3)10(4)11-7-18-12(19-11)13(14,15)16/h7-10,17H,5-6H2,1-4H3. The first-order valence-electron chi connectivity index (χ1n) is 6.45. The molecule has 0 saturated carbocycles. The van der Waals surface area contributed by atoms with Crippen molar-refractivity contribution in [3.05, 3.63) is 16.1 Å². The Morgan fingerprint density at radius 2 is 1.84 bits per heavy atom.